The Morgan fingerprint density at radius 2 is 1.72 bits per heavy atom. The Labute approximate surface area is 108 Å². The van der Waals surface area contributed by atoms with E-state index in [2.05, 4.69) is 6.58 Å². The van der Waals surface area contributed by atoms with Gasteiger partial charge >= 0.3 is 0 Å². The minimum atomic E-state index is -3.37. The topological polar surface area (TPSA) is 46.6 Å². The summed E-state index contributed by atoms with van der Waals surface area (Å²) in [6, 6.07) is 6.49. The molecule has 1 aromatic rings. The first-order valence-corrected chi connectivity index (χ1v) is 7.29. The second-order valence-corrected chi connectivity index (χ2v) is 6.27. The van der Waals surface area contributed by atoms with E-state index in [-0.39, 0.29) is 0 Å². The maximum atomic E-state index is 12.3. The minimum Gasteiger partial charge on any atom is -0.497 e. The van der Waals surface area contributed by atoms with Crippen LogP contribution in [0.5, 0.6) is 5.75 Å². The van der Waals surface area contributed by atoms with Gasteiger partial charge < -0.3 is 4.74 Å². The van der Waals surface area contributed by atoms with E-state index in [9.17, 15) is 8.42 Å². The van der Waals surface area contributed by atoms with E-state index < -0.39 is 10.0 Å². The number of hydrogen-bond donors (Lipinski definition) is 0. The smallest absolute Gasteiger partial charge is 0.243 e. The van der Waals surface area contributed by atoms with Crippen LogP contribution in [-0.2, 0) is 10.0 Å². The van der Waals surface area contributed by atoms with E-state index in [1.54, 1.807) is 31.4 Å². The van der Waals surface area contributed by atoms with E-state index in [1.165, 1.54) is 4.31 Å². The normalized spacial score (nSPS) is 17.7. The number of rotatable bonds is 3. The molecule has 0 bridgehead atoms. The quantitative estimate of drug-likeness (QED) is 0.787. The van der Waals surface area contributed by atoms with Crippen LogP contribution in [0.2, 0.25) is 0 Å². The van der Waals surface area contributed by atoms with Crippen LogP contribution < -0.4 is 4.74 Å². The van der Waals surface area contributed by atoms with Crippen molar-refractivity contribution in [2.75, 3.05) is 20.2 Å². The van der Waals surface area contributed by atoms with Crippen molar-refractivity contribution in [2.24, 2.45) is 0 Å². The predicted molar refractivity (Wildman–Crippen MR) is 70.1 cm³/mol. The van der Waals surface area contributed by atoms with E-state index in [0.29, 0.717) is 23.7 Å². The van der Waals surface area contributed by atoms with Crippen LogP contribution in [0.25, 0.3) is 0 Å². The molecule has 0 aliphatic carbocycles. The first kappa shape index (κ1) is 13.1. The van der Waals surface area contributed by atoms with Crippen molar-refractivity contribution in [3.8, 4) is 5.75 Å². The largest absolute Gasteiger partial charge is 0.497 e. The van der Waals surface area contributed by atoms with E-state index in [0.717, 1.165) is 18.4 Å². The summed E-state index contributed by atoms with van der Waals surface area (Å²) in [5.74, 6) is 0.654. The Bertz CT molecular complexity index is 524. The van der Waals surface area contributed by atoms with E-state index in [1.807, 2.05) is 0 Å². The predicted octanol–water partition coefficient (Wildman–Crippen LogP) is 2.04. The highest BCUT2D eigenvalue weighted by Crippen LogP contribution is 2.23. The van der Waals surface area contributed by atoms with Gasteiger partial charge in [-0.1, -0.05) is 12.2 Å². The fourth-order valence-electron chi connectivity index (χ4n) is 1.94. The molecule has 1 aliphatic heterocycles. The zero-order valence-corrected chi connectivity index (χ0v) is 11.2. The van der Waals surface area contributed by atoms with Gasteiger partial charge in [0.25, 0.3) is 0 Å². The van der Waals surface area contributed by atoms with Gasteiger partial charge in [-0.25, -0.2) is 8.42 Å². The Hall–Kier alpha value is -1.33. The number of sulfonamides is 1. The summed E-state index contributed by atoms with van der Waals surface area (Å²) in [7, 11) is -1.82. The number of methoxy groups -OCH3 is 1. The van der Waals surface area contributed by atoms with Crippen LogP contribution in [0.3, 0.4) is 0 Å². The molecule has 1 aromatic carbocycles. The third-order valence-corrected chi connectivity index (χ3v) is 5.04. The van der Waals surface area contributed by atoms with Gasteiger partial charge in [0.1, 0.15) is 5.75 Å². The van der Waals surface area contributed by atoms with Crippen LogP contribution in [0.1, 0.15) is 12.8 Å². The number of benzene rings is 1. The SMILES string of the molecule is C=C1CCN(S(=O)(=O)c2ccc(OC)cc2)CC1. The van der Waals surface area contributed by atoms with Crippen molar-refractivity contribution < 1.29 is 13.2 Å². The van der Waals surface area contributed by atoms with Gasteiger partial charge in [0.05, 0.1) is 12.0 Å². The maximum Gasteiger partial charge on any atom is 0.243 e. The van der Waals surface area contributed by atoms with Crippen LogP contribution in [-0.4, -0.2) is 32.9 Å². The Kier molecular flexibility index (Phi) is 3.73. The molecule has 0 spiro atoms. The monoisotopic (exact) mass is 267 g/mol. The fraction of sp³-hybridized carbons (Fsp3) is 0.385. The molecule has 2 rings (SSSR count). The second kappa shape index (κ2) is 5.12. The molecule has 0 saturated carbocycles. The molecule has 0 aromatic heterocycles. The molecule has 1 heterocycles. The van der Waals surface area contributed by atoms with E-state index in [4.69, 9.17) is 4.74 Å². The second-order valence-electron chi connectivity index (χ2n) is 4.33. The van der Waals surface area contributed by atoms with Gasteiger partial charge in [-0.05, 0) is 37.1 Å². The molecular weight excluding hydrogens is 250 g/mol. The highest BCUT2D eigenvalue weighted by Gasteiger charge is 2.26. The van der Waals surface area contributed by atoms with Gasteiger partial charge in [0.2, 0.25) is 10.0 Å². The Balaban J connectivity index is 2.21. The minimum absolute atomic E-state index is 0.316. The van der Waals surface area contributed by atoms with Gasteiger partial charge in [0, 0.05) is 13.1 Å². The fourth-order valence-corrected chi connectivity index (χ4v) is 3.38. The lowest BCUT2D eigenvalue weighted by Crippen LogP contribution is -2.36. The van der Waals surface area contributed by atoms with Crippen LogP contribution in [0, 0.1) is 0 Å². The van der Waals surface area contributed by atoms with Gasteiger partial charge in [-0.15, -0.1) is 0 Å². The van der Waals surface area contributed by atoms with Crippen molar-refractivity contribution in [3.05, 3.63) is 36.4 Å². The van der Waals surface area contributed by atoms with Gasteiger partial charge in [-0.3, -0.25) is 0 Å². The molecule has 18 heavy (non-hydrogen) atoms. The first-order valence-electron chi connectivity index (χ1n) is 5.85. The molecule has 1 saturated heterocycles. The molecule has 0 radical (unpaired) electrons. The number of ether oxygens (including phenoxy) is 1. The first-order chi connectivity index (χ1) is 8.54. The lowest BCUT2D eigenvalue weighted by molar-refractivity contribution is 0.387. The maximum absolute atomic E-state index is 12.3. The summed E-state index contributed by atoms with van der Waals surface area (Å²) >= 11 is 0. The molecule has 1 fully saturated rings. The summed E-state index contributed by atoms with van der Waals surface area (Å²) in [4.78, 5) is 0.316. The summed E-state index contributed by atoms with van der Waals surface area (Å²) in [5.41, 5.74) is 1.12. The van der Waals surface area contributed by atoms with Crippen molar-refractivity contribution >= 4 is 10.0 Å². The van der Waals surface area contributed by atoms with Crippen molar-refractivity contribution in [1.82, 2.24) is 4.31 Å². The third-order valence-electron chi connectivity index (χ3n) is 3.13. The Morgan fingerprint density at radius 3 is 2.22 bits per heavy atom. The van der Waals surface area contributed by atoms with Crippen molar-refractivity contribution in [1.29, 1.82) is 0 Å². The summed E-state index contributed by atoms with van der Waals surface area (Å²) in [6.07, 6.45) is 1.49. The highest BCUT2D eigenvalue weighted by atomic mass is 32.2. The number of nitrogens with zero attached hydrogens (tertiary/aromatic N) is 1. The van der Waals surface area contributed by atoms with Gasteiger partial charge in [0.15, 0.2) is 0 Å². The van der Waals surface area contributed by atoms with Crippen molar-refractivity contribution in [3.63, 3.8) is 0 Å². The Morgan fingerprint density at radius 1 is 1.17 bits per heavy atom. The van der Waals surface area contributed by atoms with Gasteiger partial charge in [-0.2, -0.15) is 4.31 Å². The highest BCUT2D eigenvalue weighted by molar-refractivity contribution is 7.89. The van der Waals surface area contributed by atoms with Crippen LogP contribution in [0.4, 0.5) is 0 Å². The average molecular weight is 267 g/mol. The zero-order chi connectivity index (χ0) is 13.2. The lowest BCUT2D eigenvalue weighted by atomic mass is 10.1. The standard InChI is InChI=1S/C13H17NO3S/c1-11-7-9-14(10-8-11)18(15,16)13-5-3-12(17-2)4-6-13/h3-6H,1,7-10H2,2H3. The third kappa shape index (κ3) is 2.57. The van der Waals surface area contributed by atoms with E-state index >= 15 is 0 Å². The summed E-state index contributed by atoms with van der Waals surface area (Å²) in [5, 5.41) is 0. The van der Waals surface area contributed by atoms with Crippen molar-refractivity contribution in [2.45, 2.75) is 17.7 Å². The molecule has 0 amide bonds. The van der Waals surface area contributed by atoms with Crippen LogP contribution >= 0.6 is 0 Å². The molecule has 4 nitrogen and oxygen atoms in total. The molecule has 0 N–H and O–H groups in total. The lowest BCUT2D eigenvalue weighted by Gasteiger charge is -2.27. The number of piperidine rings is 1. The summed E-state index contributed by atoms with van der Waals surface area (Å²) < 4.78 is 31.2. The average Bonchev–Trinajstić information content (AvgIpc) is 2.39. The molecular formula is C13H17NO3S. The number of hydrogen-bond acceptors (Lipinski definition) is 3. The summed E-state index contributed by atoms with van der Waals surface area (Å²) in [6.45, 7) is 4.93. The molecule has 98 valence electrons. The molecule has 0 unspecified atom stereocenters. The van der Waals surface area contributed by atoms with Crippen LogP contribution in [0.15, 0.2) is 41.3 Å². The molecule has 5 heteroatoms. The molecule has 0 atom stereocenters. The molecule has 1 aliphatic rings. The zero-order valence-electron chi connectivity index (χ0n) is 10.4.